The first-order valence-corrected chi connectivity index (χ1v) is 8.28. The van der Waals surface area contributed by atoms with Gasteiger partial charge in [0.1, 0.15) is 11.9 Å². The van der Waals surface area contributed by atoms with E-state index >= 15 is 0 Å². The van der Waals surface area contributed by atoms with Crippen LogP contribution < -0.4 is 4.74 Å². The van der Waals surface area contributed by atoms with Gasteiger partial charge in [0.2, 0.25) is 0 Å². The number of aromatic hydroxyl groups is 1. The molecule has 2 N–H and O–H groups in total. The summed E-state index contributed by atoms with van der Waals surface area (Å²) < 4.78 is 10.8. The maximum atomic E-state index is 10.9. The SMILES string of the molecule is COC1=C[C@]23CCN(C)[C@H](Cc4ccc(OC)c(O)c42)C3=C[C@H]1O. The van der Waals surface area contributed by atoms with E-state index in [0.717, 1.165) is 36.1 Å². The van der Waals surface area contributed by atoms with E-state index in [1.165, 1.54) is 0 Å². The number of phenolic OH excluding ortho intramolecular Hbond substituents is 1. The summed E-state index contributed by atoms with van der Waals surface area (Å²) >= 11 is 0. The van der Waals surface area contributed by atoms with Crippen LogP contribution in [0.15, 0.2) is 35.6 Å². The van der Waals surface area contributed by atoms with Crippen LogP contribution in [0.2, 0.25) is 0 Å². The van der Waals surface area contributed by atoms with Crippen molar-refractivity contribution in [3.63, 3.8) is 0 Å². The van der Waals surface area contributed by atoms with Crippen molar-refractivity contribution >= 4 is 0 Å². The van der Waals surface area contributed by atoms with Gasteiger partial charge in [-0.2, -0.15) is 0 Å². The lowest BCUT2D eigenvalue weighted by atomic mass is 9.58. The molecule has 1 aliphatic heterocycles. The summed E-state index contributed by atoms with van der Waals surface area (Å²) in [5, 5.41) is 21.3. The Hall–Kier alpha value is -1.98. The lowest BCUT2D eigenvalue weighted by Gasteiger charge is -2.53. The van der Waals surface area contributed by atoms with E-state index in [4.69, 9.17) is 9.47 Å². The Kier molecular flexibility index (Phi) is 3.41. The highest BCUT2D eigenvalue weighted by Crippen LogP contribution is 2.56. The van der Waals surface area contributed by atoms with Crippen LogP contribution in [0.25, 0.3) is 0 Å². The van der Waals surface area contributed by atoms with Crippen molar-refractivity contribution in [3.8, 4) is 11.5 Å². The minimum absolute atomic E-state index is 0.201. The summed E-state index contributed by atoms with van der Waals surface area (Å²) in [5.74, 6) is 1.22. The van der Waals surface area contributed by atoms with E-state index < -0.39 is 11.5 Å². The maximum absolute atomic E-state index is 10.9. The molecule has 2 aliphatic carbocycles. The van der Waals surface area contributed by atoms with Crippen LogP contribution in [0.1, 0.15) is 17.5 Å². The number of hydrogen-bond acceptors (Lipinski definition) is 5. The van der Waals surface area contributed by atoms with Crippen molar-refractivity contribution < 1.29 is 19.7 Å². The lowest BCUT2D eigenvalue weighted by Crippen LogP contribution is -2.54. The van der Waals surface area contributed by atoms with E-state index in [0.29, 0.717) is 11.5 Å². The van der Waals surface area contributed by atoms with Crippen LogP contribution in [0, 0.1) is 0 Å². The largest absolute Gasteiger partial charge is 0.504 e. The van der Waals surface area contributed by atoms with Crippen molar-refractivity contribution in [1.29, 1.82) is 0 Å². The van der Waals surface area contributed by atoms with Gasteiger partial charge in [0.25, 0.3) is 0 Å². The summed E-state index contributed by atoms with van der Waals surface area (Å²) in [7, 11) is 5.26. The number of fused-ring (bicyclic) bond motifs is 1. The average molecular weight is 329 g/mol. The molecular weight excluding hydrogens is 306 g/mol. The number of allylic oxidation sites excluding steroid dienone is 1. The van der Waals surface area contributed by atoms with E-state index in [9.17, 15) is 10.2 Å². The first-order chi connectivity index (χ1) is 11.5. The second-order valence-electron chi connectivity index (χ2n) is 6.89. The molecule has 0 spiro atoms. The molecule has 24 heavy (non-hydrogen) atoms. The molecule has 3 aliphatic rings. The summed E-state index contributed by atoms with van der Waals surface area (Å²) in [6.45, 7) is 0.918. The topological polar surface area (TPSA) is 62.2 Å². The molecule has 1 aromatic rings. The van der Waals surface area contributed by atoms with Crippen molar-refractivity contribution in [1.82, 2.24) is 4.90 Å². The fraction of sp³-hybridized carbons (Fsp3) is 0.474. The van der Waals surface area contributed by atoms with Crippen LogP contribution in [0.5, 0.6) is 11.5 Å². The number of hydrogen-bond donors (Lipinski definition) is 2. The number of rotatable bonds is 2. The summed E-state index contributed by atoms with van der Waals surface area (Å²) in [6.07, 6.45) is 4.82. The Morgan fingerprint density at radius 2 is 2.04 bits per heavy atom. The first kappa shape index (κ1) is 15.5. The quantitative estimate of drug-likeness (QED) is 0.809. The third-order valence-corrected chi connectivity index (χ3v) is 5.82. The molecule has 0 aromatic heterocycles. The Balaban J connectivity index is 2.01. The molecule has 0 radical (unpaired) electrons. The molecule has 4 rings (SSSR count). The predicted octanol–water partition coefficient (Wildman–Crippen LogP) is 1.73. The number of aliphatic hydroxyl groups is 1. The van der Waals surface area contributed by atoms with Gasteiger partial charge in [0.15, 0.2) is 11.5 Å². The second-order valence-corrected chi connectivity index (χ2v) is 6.89. The van der Waals surface area contributed by atoms with Gasteiger partial charge in [0, 0.05) is 17.0 Å². The van der Waals surface area contributed by atoms with Crippen LogP contribution >= 0.6 is 0 Å². The van der Waals surface area contributed by atoms with Crippen LogP contribution in [0.3, 0.4) is 0 Å². The zero-order valence-corrected chi connectivity index (χ0v) is 14.2. The molecule has 1 aromatic carbocycles. The Morgan fingerprint density at radius 1 is 1.25 bits per heavy atom. The van der Waals surface area contributed by atoms with Gasteiger partial charge in [-0.3, -0.25) is 4.90 Å². The molecule has 128 valence electrons. The fourth-order valence-electron chi connectivity index (χ4n) is 4.63. The van der Waals surface area contributed by atoms with E-state index in [2.05, 4.69) is 11.9 Å². The number of methoxy groups -OCH3 is 2. The van der Waals surface area contributed by atoms with Gasteiger partial charge in [-0.1, -0.05) is 6.07 Å². The summed E-state index contributed by atoms with van der Waals surface area (Å²) in [4.78, 5) is 2.33. The Morgan fingerprint density at radius 3 is 2.75 bits per heavy atom. The lowest BCUT2D eigenvalue weighted by molar-refractivity contribution is 0.131. The number of aliphatic hydroxyl groups excluding tert-OH is 1. The fourth-order valence-corrected chi connectivity index (χ4v) is 4.63. The van der Waals surface area contributed by atoms with E-state index in [1.807, 2.05) is 24.3 Å². The number of piperidine rings is 1. The Labute approximate surface area is 141 Å². The second kappa shape index (κ2) is 5.26. The molecule has 0 amide bonds. The molecule has 1 saturated heterocycles. The van der Waals surface area contributed by atoms with Gasteiger partial charge in [-0.25, -0.2) is 0 Å². The van der Waals surface area contributed by atoms with Gasteiger partial charge < -0.3 is 19.7 Å². The van der Waals surface area contributed by atoms with Crippen molar-refractivity contribution in [2.45, 2.75) is 30.4 Å². The van der Waals surface area contributed by atoms with Gasteiger partial charge in [-0.15, -0.1) is 0 Å². The van der Waals surface area contributed by atoms with E-state index in [-0.39, 0.29) is 11.8 Å². The molecular formula is C19H23NO4. The number of phenols is 1. The highest BCUT2D eigenvalue weighted by Gasteiger charge is 2.51. The third kappa shape index (κ3) is 1.88. The predicted molar refractivity (Wildman–Crippen MR) is 90.3 cm³/mol. The number of likely N-dealkylation sites (N-methyl/N-ethyl adjacent to an activating group) is 1. The first-order valence-electron chi connectivity index (χ1n) is 8.28. The highest BCUT2D eigenvalue weighted by atomic mass is 16.5. The zero-order valence-electron chi connectivity index (χ0n) is 14.2. The minimum Gasteiger partial charge on any atom is -0.504 e. The number of nitrogens with zero attached hydrogens (tertiary/aromatic N) is 1. The van der Waals surface area contributed by atoms with Gasteiger partial charge >= 0.3 is 0 Å². The van der Waals surface area contributed by atoms with Crippen LogP contribution in [0.4, 0.5) is 0 Å². The molecule has 5 nitrogen and oxygen atoms in total. The van der Waals surface area contributed by atoms with Gasteiger partial charge in [-0.05, 0) is 55.8 Å². The van der Waals surface area contributed by atoms with E-state index in [1.54, 1.807) is 14.2 Å². The Bertz CT molecular complexity index is 754. The maximum Gasteiger partial charge on any atom is 0.162 e. The average Bonchev–Trinajstić information content (AvgIpc) is 2.58. The summed E-state index contributed by atoms with van der Waals surface area (Å²) in [5.41, 5.74) is 2.75. The number of likely N-dealkylation sites (tertiary alicyclic amines) is 1. The van der Waals surface area contributed by atoms with Crippen molar-refractivity contribution in [2.75, 3.05) is 27.8 Å². The standard InChI is InChI=1S/C19H23NO4/c1-20-7-6-19-10-16(24-3)14(21)9-12(19)13(20)8-11-4-5-15(23-2)18(22)17(11)19/h4-5,9-10,13-14,21-22H,6-8H2,1-3H3/t13-,14-,19+/m1/s1. The molecule has 0 saturated carbocycles. The minimum atomic E-state index is -0.735. The highest BCUT2D eigenvalue weighted by molar-refractivity contribution is 5.64. The molecule has 2 bridgehead atoms. The van der Waals surface area contributed by atoms with Gasteiger partial charge in [0.05, 0.1) is 14.2 Å². The third-order valence-electron chi connectivity index (χ3n) is 5.82. The molecule has 1 heterocycles. The normalized spacial score (nSPS) is 31.5. The van der Waals surface area contributed by atoms with Crippen molar-refractivity contribution in [2.24, 2.45) is 0 Å². The van der Waals surface area contributed by atoms with Crippen LogP contribution in [-0.2, 0) is 16.6 Å². The smallest absolute Gasteiger partial charge is 0.162 e. The molecule has 0 unspecified atom stereocenters. The number of ether oxygens (including phenoxy) is 2. The molecule has 1 fully saturated rings. The molecule has 5 heteroatoms. The number of benzene rings is 1. The molecule has 3 atom stereocenters. The zero-order chi connectivity index (χ0) is 17.1. The van der Waals surface area contributed by atoms with Crippen LogP contribution in [-0.4, -0.2) is 55.1 Å². The monoisotopic (exact) mass is 329 g/mol. The van der Waals surface area contributed by atoms with Crippen molar-refractivity contribution in [3.05, 3.63) is 46.7 Å². The summed E-state index contributed by atoms with van der Waals surface area (Å²) in [6, 6.07) is 4.10.